The van der Waals surface area contributed by atoms with Crippen molar-refractivity contribution in [3.05, 3.63) is 170 Å². The van der Waals surface area contributed by atoms with Crippen LogP contribution in [0, 0.1) is 0 Å². The van der Waals surface area contributed by atoms with E-state index in [1.165, 1.54) is 36.0 Å². The van der Waals surface area contributed by atoms with Crippen molar-refractivity contribution >= 4 is 53.1 Å². The summed E-state index contributed by atoms with van der Waals surface area (Å²) in [6, 6.07) is 59.1. The minimum absolute atomic E-state index is 0.630. The molecule has 10 aromatic rings. The molecule has 0 fully saturated rings. The molecule has 0 radical (unpaired) electrons. The van der Waals surface area contributed by atoms with Gasteiger partial charge >= 0.3 is 0 Å². The molecule has 0 spiro atoms. The number of rotatable bonds is 6. The van der Waals surface area contributed by atoms with Gasteiger partial charge in [0.1, 0.15) is 5.01 Å². The summed E-state index contributed by atoms with van der Waals surface area (Å²) in [4.78, 5) is 20.4. The van der Waals surface area contributed by atoms with Crippen molar-refractivity contribution < 1.29 is 0 Å². The minimum Gasteiger partial charge on any atom is -0.236 e. The lowest BCUT2D eigenvalue weighted by atomic mass is 9.97. The zero-order chi connectivity index (χ0) is 34.4. The summed E-state index contributed by atoms with van der Waals surface area (Å²) >= 11 is 3.57. The smallest absolute Gasteiger partial charge is 0.164 e. The van der Waals surface area contributed by atoms with Gasteiger partial charge in [0.2, 0.25) is 0 Å². The van der Waals surface area contributed by atoms with Crippen LogP contribution in [0.1, 0.15) is 0 Å². The van der Waals surface area contributed by atoms with Crippen LogP contribution in [0.15, 0.2) is 170 Å². The average molecular weight is 701 g/mol. The number of benzene rings is 7. The largest absolute Gasteiger partial charge is 0.236 e. The van der Waals surface area contributed by atoms with Gasteiger partial charge in [0.25, 0.3) is 0 Å². The highest BCUT2D eigenvalue weighted by atomic mass is 32.1. The van der Waals surface area contributed by atoms with Gasteiger partial charge in [-0.1, -0.05) is 152 Å². The standard InChI is InChI=1S/C46H28N4S2/c1-4-13-29(14-5-1)30-23-25-32(26-24-30)44-48-43(31-15-6-2-7-16-31)49-45(50-44)35-20-12-19-34(27-35)40-41-36-21-10-11-22-38(36)51-39(41)28-37-42(40)52-46(47-37)33-17-8-3-9-18-33/h1-28H. The fraction of sp³-hybridized carbons (Fsp3) is 0. The van der Waals surface area contributed by atoms with Crippen molar-refractivity contribution in [2.75, 3.05) is 0 Å². The molecule has 0 bridgehead atoms. The molecule has 6 heteroatoms. The predicted molar refractivity (Wildman–Crippen MR) is 219 cm³/mol. The van der Waals surface area contributed by atoms with Crippen LogP contribution in [-0.4, -0.2) is 19.9 Å². The molecule has 10 rings (SSSR count). The number of nitrogens with zero attached hydrogens (tertiary/aromatic N) is 4. The number of thiophene rings is 1. The zero-order valence-corrected chi connectivity index (χ0v) is 29.4. The van der Waals surface area contributed by atoms with Gasteiger partial charge in [0.05, 0.1) is 10.2 Å². The van der Waals surface area contributed by atoms with Crippen LogP contribution >= 0.6 is 22.7 Å². The van der Waals surface area contributed by atoms with Crippen molar-refractivity contribution in [3.8, 4) is 67.0 Å². The van der Waals surface area contributed by atoms with Gasteiger partial charge in [-0.25, -0.2) is 19.9 Å². The highest BCUT2D eigenvalue weighted by Gasteiger charge is 2.20. The topological polar surface area (TPSA) is 51.6 Å². The van der Waals surface area contributed by atoms with Gasteiger partial charge < -0.3 is 0 Å². The van der Waals surface area contributed by atoms with E-state index >= 15 is 0 Å². The molecule has 0 amide bonds. The first-order chi connectivity index (χ1) is 25.7. The van der Waals surface area contributed by atoms with Gasteiger partial charge in [-0.3, -0.25) is 0 Å². The van der Waals surface area contributed by atoms with Gasteiger partial charge in [0, 0.05) is 48.0 Å². The molecule has 0 unspecified atom stereocenters. The van der Waals surface area contributed by atoms with E-state index in [0.717, 1.165) is 43.9 Å². The van der Waals surface area contributed by atoms with Crippen molar-refractivity contribution in [2.24, 2.45) is 0 Å². The van der Waals surface area contributed by atoms with E-state index in [1.807, 2.05) is 53.8 Å². The third-order valence-electron chi connectivity index (χ3n) is 9.37. The maximum Gasteiger partial charge on any atom is 0.164 e. The van der Waals surface area contributed by atoms with Crippen LogP contribution in [0.25, 0.3) is 97.4 Å². The quantitative estimate of drug-likeness (QED) is 0.173. The molecule has 3 aromatic heterocycles. The second-order valence-corrected chi connectivity index (χ2v) is 14.7. The summed E-state index contributed by atoms with van der Waals surface area (Å²) in [5.41, 5.74) is 9.56. The van der Waals surface area contributed by atoms with Crippen LogP contribution < -0.4 is 0 Å². The van der Waals surface area contributed by atoms with Crippen LogP contribution in [0.3, 0.4) is 0 Å². The van der Waals surface area contributed by atoms with E-state index in [2.05, 4.69) is 127 Å². The highest BCUT2D eigenvalue weighted by molar-refractivity contribution is 7.26. The first kappa shape index (κ1) is 30.5. The Kier molecular flexibility index (Phi) is 7.48. The minimum atomic E-state index is 0.630. The summed E-state index contributed by atoms with van der Waals surface area (Å²) in [6.45, 7) is 0. The maximum absolute atomic E-state index is 5.18. The van der Waals surface area contributed by atoms with Crippen LogP contribution in [0.5, 0.6) is 0 Å². The number of fused-ring (bicyclic) bond motifs is 4. The molecule has 0 saturated carbocycles. The molecular formula is C46H28N4S2. The molecule has 0 atom stereocenters. The SMILES string of the molecule is c1ccc(-c2ccc(-c3nc(-c4ccccc4)nc(-c4cccc(-c5c6sc(-c7ccccc7)nc6cc6sc7ccccc7c56)c4)n3)cc2)cc1. The Morgan fingerprint density at radius 2 is 0.865 bits per heavy atom. The predicted octanol–water partition coefficient (Wildman–Crippen LogP) is 12.9. The van der Waals surface area contributed by atoms with Gasteiger partial charge in [-0.15, -0.1) is 22.7 Å². The van der Waals surface area contributed by atoms with E-state index in [4.69, 9.17) is 19.9 Å². The van der Waals surface area contributed by atoms with Crippen LogP contribution in [0.2, 0.25) is 0 Å². The molecule has 244 valence electrons. The van der Waals surface area contributed by atoms with Crippen molar-refractivity contribution in [1.82, 2.24) is 19.9 Å². The second-order valence-electron chi connectivity index (χ2n) is 12.7. The Hall–Kier alpha value is -6.34. The lowest BCUT2D eigenvalue weighted by Gasteiger charge is -2.11. The van der Waals surface area contributed by atoms with E-state index in [-0.39, 0.29) is 0 Å². The summed E-state index contributed by atoms with van der Waals surface area (Å²) in [5.74, 6) is 1.91. The lowest BCUT2D eigenvalue weighted by molar-refractivity contribution is 1.07. The lowest BCUT2D eigenvalue weighted by Crippen LogP contribution is -2.00. The van der Waals surface area contributed by atoms with Crippen LogP contribution in [0.4, 0.5) is 0 Å². The third kappa shape index (κ3) is 5.46. The summed E-state index contributed by atoms with van der Waals surface area (Å²) < 4.78 is 3.67. The third-order valence-corrected chi connectivity index (χ3v) is 11.6. The Balaban J connectivity index is 1.16. The van der Waals surface area contributed by atoms with E-state index in [0.29, 0.717) is 17.5 Å². The highest BCUT2D eigenvalue weighted by Crippen LogP contribution is 2.47. The molecule has 0 aliphatic heterocycles. The first-order valence-corrected chi connectivity index (χ1v) is 18.8. The number of hydrogen-bond donors (Lipinski definition) is 0. The first-order valence-electron chi connectivity index (χ1n) is 17.1. The Morgan fingerprint density at radius 3 is 1.58 bits per heavy atom. The Labute approximate surface area is 308 Å². The summed E-state index contributed by atoms with van der Waals surface area (Å²) in [6.07, 6.45) is 0. The number of thiazole rings is 1. The molecule has 52 heavy (non-hydrogen) atoms. The summed E-state index contributed by atoms with van der Waals surface area (Å²) in [5, 5.41) is 3.53. The second kappa shape index (κ2) is 12.8. The molecule has 0 saturated heterocycles. The number of hydrogen-bond acceptors (Lipinski definition) is 6. The molecule has 0 aliphatic rings. The maximum atomic E-state index is 5.18. The fourth-order valence-corrected chi connectivity index (χ4v) is 9.13. The van der Waals surface area contributed by atoms with E-state index in [9.17, 15) is 0 Å². The Morgan fingerprint density at radius 1 is 0.346 bits per heavy atom. The van der Waals surface area contributed by atoms with Gasteiger partial charge in [-0.2, -0.15) is 0 Å². The molecule has 3 heterocycles. The monoisotopic (exact) mass is 700 g/mol. The number of aromatic nitrogens is 4. The molecule has 7 aromatic carbocycles. The van der Waals surface area contributed by atoms with Gasteiger partial charge in [-0.05, 0) is 34.9 Å². The normalized spacial score (nSPS) is 11.5. The van der Waals surface area contributed by atoms with Gasteiger partial charge in [0.15, 0.2) is 17.5 Å². The summed E-state index contributed by atoms with van der Waals surface area (Å²) in [7, 11) is 0. The average Bonchev–Trinajstić information content (AvgIpc) is 3.82. The zero-order valence-electron chi connectivity index (χ0n) is 27.8. The molecule has 4 nitrogen and oxygen atoms in total. The van der Waals surface area contributed by atoms with E-state index in [1.54, 1.807) is 11.3 Å². The molecule has 0 N–H and O–H groups in total. The Bertz CT molecular complexity index is 2880. The van der Waals surface area contributed by atoms with Crippen molar-refractivity contribution in [2.45, 2.75) is 0 Å². The van der Waals surface area contributed by atoms with Crippen molar-refractivity contribution in [3.63, 3.8) is 0 Å². The molecular weight excluding hydrogens is 673 g/mol. The van der Waals surface area contributed by atoms with Crippen molar-refractivity contribution in [1.29, 1.82) is 0 Å². The van der Waals surface area contributed by atoms with Crippen LogP contribution in [-0.2, 0) is 0 Å². The fourth-order valence-electron chi connectivity index (χ4n) is 6.86. The molecule has 0 aliphatic carbocycles. The van der Waals surface area contributed by atoms with E-state index < -0.39 is 0 Å².